The van der Waals surface area contributed by atoms with Crippen LogP contribution in [0.15, 0.2) is 15.6 Å². The molecular weight excluding hydrogens is 353 g/mol. The molecule has 19 heavy (non-hydrogen) atoms. The molecule has 2 heterocycles. The van der Waals surface area contributed by atoms with Crippen molar-refractivity contribution in [3.63, 3.8) is 0 Å². The molecule has 1 aliphatic heterocycles. The van der Waals surface area contributed by atoms with Gasteiger partial charge in [0.05, 0.1) is 15.7 Å². The van der Waals surface area contributed by atoms with Gasteiger partial charge in [-0.3, -0.25) is 0 Å². The number of halogens is 3. The molecule has 0 aliphatic carbocycles. The average molecular weight is 367 g/mol. The maximum absolute atomic E-state index is 14.2. The second kappa shape index (κ2) is 5.15. The Morgan fingerprint density at radius 1 is 1.37 bits per heavy atom. The van der Waals surface area contributed by atoms with Crippen molar-refractivity contribution in [2.75, 3.05) is 0 Å². The van der Waals surface area contributed by atoms with Crippen LogP contribution >= 0.6 is 38.9 Å². The second-order valence-electron chi connectivity index (χ2n) is 5.40. The molecule has 1 aromatic rings. The number of thiophene rings is 1. The van der Waals surface area contributed by atoms with E-state index in [1.807, 2.05) is 27.7 Å². The van der Waals surface area contributed by atoms with E-state index in [2.05, 4.69) is 15.9 Å². The molecule has 0 unspecified atom stereocenters. The van der Waals surface area contributed by atoms with E-state index in [1.54, 1.807) is 5.38 Å². The summed E-state index contributed by atoms with van der Waals surface area (Å²) >= 11 is 10.6. The quantitative estimate of drug-likeness (QED) is 0.677. The summed E-state index contributed by atoms with van der Waals surface area (Å²) in [5.41, 5.74) is -0.880. The molecule has 0 amide bonds. The van der Waals surface area contributed by atoms with Crippen molar-refractivity contribution in [3.8, 4) is 0 Å². The van der Waals surface area contributed by atoms with Crippen molar-refractivity contribution >= 4 is 52.1 Å². The summed E-state index contributed by atoms with van der Waals surface area (Å²) in [6.07, 6.45) is 1.38. The van der Waals surface area contributed by atoms with Gasteiger partial charge >= 0.3 is 7.12 Å². The Balaban J connectivity index is 2.23. The maximum atomic E-state index is 14.2. The maximum Gasteiger partial charge on any atom is 0.525 e. The standard InChI is InChI=1S/C12H14BBrClFO2S/c1-11(2)12(3,4)18-13(17-11)8(16)5-7-6-19-10(15)9(7)14/h5-6H,1-4H3. The van der Waals surface area contributed by atoms with E-state index in [4.69, 9.17) is 20.9 Å². The lowest BCUT2D eigenvalue weighted by Gasteiger charge is -2.32. The van der Waals surface area contributed by atoms with Gasteiger partial charge in [-0.15, -0.1) is 11.3 Å². The van der Waals surface area contributed by atoms with E-state index >= 15 is 0 Å². The van der Waals surface area contributed by atoms with Crippen molar-refractivity contribution in [3.05, 3.63) is 25.5 Å². The molecule has 0 spiro atoms. The molecule has 1 aliphatic rings. The summed E-state index contributed by atoms with van der Waals surface area (Å²) < 4.78 is 26.8. The van der Waals surface area contributed by atoms with Crippen molar-refractivity contribution in [2.24, 2.45) is 0 Å². The summed E-state index contributed by atoms with van der Waals surface area (Å²) in [6, 6.07) is 0. The molecule has 2 rings (SSSR count). The first-order valence-corrected chi connectivity index (χ1v) is 7.84. The molecule has 104 valence electrons. The second-order valence-corrected chi connectivity index (χ2v) is 7.67. The highest BCUT2D eigenvalue weighted by Gasteiger charge is 2.53. The molecular formula is C12H14BBrClFO2S. The monoisotopic (exact) mass is 366 g/mol. The van der Waals surface area contributed by atoms with Crippen LogP contribution in [0.25, 0.3) is 6.08 Å². The lowest BCUT2D eigenvalue weighted by molar-refractivity contribution is 0.00578. The topological polar surface area (TPSA) is 18.5 Å². The van der Waals surface area contributed by atoms with Gasteiger partial charge in [-0.05, 0) is 49.7 Å². The summed E-state index contributed by atoms with van der Waals surface area (Å²) in [5, 5.41) is 1.78. The van der Waals surface area contributed by atoms with Crippen molar-refractivity contribution in [1.82, 2.24) is 0 Å². The van der Waals surface area contributed by atoms with Gasteiger partial charge in [0.25, 0.3) is 0 Å². The Morgan fingerprint density at radius 2 is 1.89 bits per heavy atom. The van der Waals surface area contributed by atoms with Crippen LogP contribution in [0.3, 0.4) is 0 Å². The zero-order chi connectivity index (χ0) is 14.4. The molecule has 7 heteroatoms. The molecule has 0 aromatic carbocycles. The van der Waals surface area contributed by atoms with Gasteiger partial charge in [0, 0.05) is 10.9 Å². The van der Waals surface area contributed by atoms with E-state index in [0.717, 1.165) is 0 Å². The molecule has 2 nitrogen and oxygen atoms in total. The minimum atomic E-state index is -0.976. The largest absolute Gasteiger partial charge is 0.525 e. The zero-order valence-corrected chi connectivity index (χ0v) is 14.2. The van der Waals surface area contributed by atoms with E-state index in [1.165, 1.54) is 17.4 Å². The van der Waals surface area contributed by atoms with E-state index < -0.39 is 24.0 Å². The molecule has 0 saturated carbocycles. The minimum Gasteiger partial charge on any atom is -0.398 e. The van der Waals surface area contributed by atoms with Gasteiger partial charge in [-0.1, -0.05) is 11.6 Å². The van der Waals surface area contributed by atoms with Gasteiger partial charge in [-0.25, -0.2) is 4.39 Å². The third kappa shape index (κ3) is 2.93. The zero-order valence-electron chi connectivity index (χ0n) is 11.1. The third-order valence-corrected chi connectivity index (χ3v) is 6.07. The van der Waals surface area contributed by atoms with Crippen LogP contribution in [-0.2, 0) is 9.31 Å². The first-order chi connectivity index (χ1) is 8.64. The fourth-order valence-corrected chi connectivity index (χ4v) is 3.14. The fourth-order valence-electron chi connectivity index (χ4n) is 1.60. The van der Waals surface area contributed by atoms with Gasteiger partial charge < -0.3 is 9.31 Å². The number of hydrogen-bond acceptors (Lipinski definition) is 3. The summed E-state index contributed by atoms with van der Waals surface area (Å²) in [4.78, 5) is 0. The van der Waals surface area contributed by atoms with Crippen molar-refractivity contribution < 1.29 is 13.7 Å². The SMILES string of the molecule is CC1(C)OB(C(F)=Cc2csc(Cl)c2Br)OC1(C)C. The molecule has 0 N–H and O–H groups in total. The Bertz CT molecular complexity index is 514. The Kier molecular flexibility index (Phi) is 4.21. The molecule has 0 atom stereocenters. The van der Waals surface area contributed by atoms with Crippen molar-refractivity contribution in [1.29, 1.82) is 0 Å². The lowest BCUT2D eigenvalue weighted by Crippen LogP contribution is -2.41. The predicted octanol–water partition coefficient (Wildman–Crippen LogP) is 5.11. The van der Waals surface area contributed by atoms with Gasteiger partial charge in [0.1, 0.15) is 10.1 Å². The Hall–Kier alpha value is 0.125. The van der Waals surface area contributed by atoms with Crippen LogP contribution in [-0.4, -0.2) is 18.3 Å². The molecule has 1 fully saturated rings. The van der Waals surface area contributed by atoms with Crippen LogP contribution in [0.4, 0.5) is 4.39 Å². The van der Waals surface area contributed by atoms with Crippen molar-refractivity contribution in [2.45, 2.75) is 38.9 Å². The normalized spacial score (nSPS) is 22.1. The predicted molar refractivity (Wildman–Crippen MR) is 82.2 cm³/mol. The third-order valence-electron chi connectivity index (χ3n) is 3.49. The van der Waals surface area contributed by atoms with Gasteiger partial charge in [0.2, 0.25) is 0 Å². The Morgan fingerprint density at radius 3 is 2.32 bits per heavy atom. The Labute approximate surface area is 130 Å². The molecule has 0 radical (unpaired) electrons. The highest BCUT2D eigenvalue weighted by Crippen LogP contribution is 2.40. The van der Waals surface area contributed by atoms with E-state index in [9.17, 15) is 4.39 Å². The summed E-state index contributed by atoms with van der Waals surface area (Å²) in [7, 11) is -0.976. The van der Waals surface area contributed by atoms with Crippen LogP contribution < -0.4 is 0 Å². The average Bonchev–Trinajstić information content (AvgIpc) is 2.69. The number of rotatable bonds is 2. The van der Waals surface area contributed by atoms with Gasteiger partial charge in [-0.2, -0.15) is 0 Å². The lowest BCUT2D eigenvalue weighted by atomic mass is 9.87. The molecule has 1 aromatic heterocycles. The summed E-state index contributed by atoms with van der Waals surface area (Å²) in [6.45, 7) is 7.55. The van der Waals surface area contributed by atoms with E-state index in [-0.39, 0.29) is 0 Å². The van der Waals surface area contributed by atoms with Crippen LogP contribution in [0.1, 0.15) is 33.3 Å². The highest BCUT2D eigenvalue weighted by atomic mass is 79.9. The van der Waals surface area contributed by atoms with E-state index in [0.29, 0.717) is 14.4 Å². The molecule has 0 bridgehead atoms. The smallest absolute Gasteiger partial charge is 0.398 e. The first-order valence-electron chi connectivity index (χ1n) is 5.79. The fraction of sp³-hybridized carbons (Fsp3) is 0.500. The number of hydrogen-bond donors (Lipinski definition) is 0. The highest BCUT2D eigenvalue weighted by molar-refractivity contribution is 9.10. The summed E-state index contributed by atoms with van der Waals surface area (Å²) in [5.74, 6) is 0. The molecule has 1 saturated heterocycles. The van der Waals surface area contributed by atoms with Crippen LogP contribution in [0.2, 0.25) is 4.34 Å². The first kappa shape index (κ1) is 15.5. The minimum absolute atomic E-state index is 0.464. The van der Waals surface area contributed by atoms with Crippen LogP contribution in [0, 0.1) is 0 Å². The van der Waals surface area contributed by atoms with Crippen LogP contribution in [0.5, 0.6) is 0 Å². The van der Waals surface area contributed by atoms with Gasteiger partial charge in [0.15, 0.2) is 0 Å².